The quantitative estimate of drug-likeness (QED) is 0.0474. The van der Waals surface area contributed by atoms with Gasteiger partial charge in [-0.3, -0.25) is 43.7 Å². The van der Waals surface area contributed by atoms with Gasteiger partial charge in [0.05, 0.1) is 54.2 Å². The van der Waals surface area contributed by atoms with Gasteiger partial charge in [0.25, 0.3) is 11.8 Å². The van der Waals surface area contributed by atoms with Gasteiger partial charge < -0.3 is 34.7 Å². The Labute approximate surface area is 566 Å². The Morgan fingerprint density at radius 3 is 1.54 bits per heavy atom. The van der Waals surface area contributed by atoms with E-state index in [9.17, 15) is 28.8 Å². The molecule has 0 aliphatic carbocycles. The van der Waals surface area contributed by atoms with Crippen molar-refractivity contribution in [2.24, 2.45) is 5.73 Å². The molecule has 2 aliphatic heterocycles. The molecule has 3 amide bonds. The number of likely N-dealkylation sites (N-methyl/N-ethyl adjacent to an activating group) is 2. The summed E-state index contributed by atoms with van der Waals surface area (Å²) in [6.45, 7) is 10.8. The molecule has 6 aromatic heterocycles. The number of aromatic amines is 2. The molecule has 8 heterocycles. The first kappa shape index (κ1) is 74.5. The summed E-state index contributed by atoms with van der Waals surface area (Å²) < 4.78 is 28.9. The first-order chi connectivity index (χ1) is 44.3. The van der Waals surface area contributed by atoms with Crippen LogP contribution in [0.4, 0.5) is 11.6 Å². The van der Waals surface area contributed by atoms with Crippen molar-refractivity contribution in [3.05, 3.63) is 213 Å². The number of anilines is 2. The number of carbonyl (C=O) groups is 6. The number of rotatable bonds is 13. The molecule has 3 aromatic carbocycles. The van der Waals surface area contributed by atoms with E-state index >= 15 is 0 Å². The number of alkyl halides is 1. The number of hydrogen-bond donors (Lipinski definition) is 4. The lowest BCUT2D eigenvalue weighted by atomic mass is 10.1. The molecule has 0 saturated heterocycles. The van der Waals surface area contributed by atoms with E-state index < -0.39 is 36.0 Å². The van der Waals surface area contributed by atoms with E-state index in [-0.39, 0.29) is 63.4 Å². The van der Waals surface area contributed by atoms with E-state index in [1.165, 1.54) is 27.8 Å². The second-order valence-electron chi connectivity index (χ2n) is 19.4. The minimum absolute atomic E-state index is 0. The van der Waals surface area contributed by atoms with E-state index in [1.54, 1.807) is 113 Å². The monoisotopic (exact) mass is 1420 g/mol. The maximum absolute atomic E-state index is 12.9. The second-order valence-corrected chi connectivity index (χ2v) is 21.2. The summed E-state index contributed by atoms with van der Waals surface area (Å²) in [4.78, 5) is 82.0. The van der Waals surface area contributed by atoms with Crippen molar-refractivity contribution < 1.29 is 52.5 Å². The SMILES string of the molecule is BrCc1ccccc1.CCOC(=O)c1[nH]ncc1Cl.CCOC(=O)c1ccn[nH]1.CCOC(=O)c1nn(Cc2ccccc2)cc1Cl.C[C@H]1Oc2cccnc2N(C)C(=O)[C@H]1N.C[C@H]1Oc2cccnc2N(C)C(=O)[C@H]1NC(=O)c1nn(Cc2ccccc2)cc1Cl.Cl. The van der Waals surface area contributed by atoms with Crippen LogP contribution in [0.2, 0.25) is 15.1 Å². The number of benzene rings is 3. The Morgan fingerprint density at radius 1 is 0.591 bits per heavy atom. The fourth-order valence-corrected chi connectivity index (χ4v) is 9.18. The van der Waals surface area contributed by atoms with Crippen molar-refractivity contribution in [3.8, 4) is 11.5 Å². The van der Waals surface area contributed by atoms with Crippen molar-refractivity contribution in [3.63, 3.8) is 0 Å². The number of fused-ring (bicyclic) bond motifs is 2. The summed E-state index contributed by atoms with van der Waals surface area (Å²) in [5.41, 5.74) is 9.99. The third-order valence-electron chi connectivity index (χ3n) is 12.8. The van der Waals surface area contributed by atoms with Crippen LogP contribution in [0.15, 0.2) is 159 Å². The minimum Gasteiger partial charge on any atom is -0.485 e. The average Bonchev–Trinajstić information content (AvgIpc) is 1.75. The predicted octanol–water partition coefficient (Wildman–Crippen LogP) is 10.3. The number of ether oxygens (including phenoxy) is 5. The number of aromatic nitrogens is 10. The largest absolute Gasteiger partial charge is 0.485 e. The highest BCUT2D eigenvalue weighted by Crippen LogP contribution is 2.31. The molecular weight excluding hydrogens is 1350 g/mol. The van der Waals surface area contributed by atoms with Crippen molar-refractivity contribution in [1.29, 1.82) is 0 Å². The summed E-state index contributed by atoms with van der Waals surface area (Å²) in [6.07, 6.45) is 8.32. The zero-order valence-electron chi connectivity index (χ0n) is 51.5. The second kappa shape index (κ2) is 38.0. The van der Waals surface area contributed by atoms with Gasteiger partial charge in [-0.05, 0) is 81.6 Å². The van der Waals surface area contributed by atoms with Crippen LogP contribution in [0.3, 0.4) is 0 Å². The molecule has 5 N–H and O–H groups in total. The molecule has 25 nitrogen and oxygen atoms in total. The van der Waals surface area contributed by atoms with E-state index in [2.05, 4.69) is 83.4 Å². The molecule has 0 spiro atoms. The summed E-state index contributed by atoms with van der Waals surface area (Å²) in [5, 5.41) is 25.0. The number of amides is 3. The first-order valence-corrected chi connectivity index (χ1v) is 30.7. The smallest absolute Gasteiger partial charge is 0.360 e. The molecule has 492 valence electrons. The van der Waals surface area contributed by atoms with Crippen LogP contribution in [0.5, 0.6) is 11.5 Å². The van der Waals surface area contributed by atoms with Crippen LogP contribution in [0, 0.1) is 0 Å². The summed E-state index contributed by atoms with van der Waals surface area (Å²) >= 11 is 21.1. The number of pyridine rings is 2. The number of hydrogen-bond acceptors (Lipinski definition) is 18. The van der Waals surface area contributed by atoms with Crippen LogP contribution in [0.25, 0.3) is 0 Å². The van der Waals surface area contributed by atoms with Gasteiger partial charge in [-0.25, -0.2) is 24.4 Å². The van der Waals surface area contributed by atoms with E-state index in [4.69, 9.17) is 54.7 Å². The Bertz CT molecular complexity index is 3810. The van der Waals surface area contributed by atoms with Gasteiger partial charge in [0.2, 0.25) is 5.91 Å². The summed E-state index contributed by atoms with van der Waals surface area (Å²) in [5.74, 6) is -0.416. The molecule has 11 rings (SSSR count). The van der Waals surface area contributed by atoms with Crippen LogP contribution >= 0.6 is 63.1 Å². The molecule has 30 heteroatoms. The average molecular weight is 1420 g/mol. The van der Waals surface area contributed by atoms with E-state index in [0.29, 0.717) is 66.8 Å². The van der Waals surface area contributed by atoms with Crippen molar-refractivity contribution in [2.75, 3.05) is 43.7 Å². The van der Waals surface area contributed by atoms with Crippen LogP contribution in [-0.4, -0.2) is 144 Å². The normalized spacial score (nSPS) is 15.0. The minimum atomic E-state index is -0.924. The zero-order valence-corrected chi connectivity index (χ0v) is 56.2. The molecule has 4 atom stereocenters. The Kier molecular flexibility index (Phi) is 30.4. The molecule has 9 aromatic rings. The number of nitrogens with one attached hydrogen (secondary N) is 3. The molecule has 0 unspecified atom stereocenters. The lowest BCUT2D eigenvalue weighted by Gasteiger charge is -2.23. The molecule has 0 bridgehead atoms. The Balaban J connectivity index is 0.000000215. The first-order valence-electron chi connectivity index (χ1n) is 28.5. The standard InChI is InChI=1S/C21H20ClN5O3.C13H13ClN2O2.C10H13N3O2.C7H7Br.C6H7ClN2O2.C6H8N2O2.ClH/c1-13-17(21(29)26(2)19-16(30-13)9-6-10-23-19)24-20(28)18-15(22)12-27(25-18)11-14-7-4-3-5-8-14;1-2-18-13(17)12-11(14)9-16(15-12)8-10-6-4-3-5-7-10;1-6-8(11)10(14)13(2)9-7(15-6)4-3-5-12-9;8-6-7-4-2-1-3-5-7;1-2-11-6(10)5-4(7)3-8-9-5;1-2-10-6(9)5-3-4-7-8-5;/h3-10,12-13,17H,11H2,1-2H3,(H,24,28);3-7,9H,2,8H2,1H3;3-6,8H,11H2,1-2H3;1-5H,6H2;3H,2H2,1H3,(H,8,9);3-4H,2H2,1H3,(H,7,8);1H/t13-,17+;;6-,8+;;;;/m1.1..../s1. The Morgan fingerprint density at radius 2 is 1.06 bits per heavy atom. The number of carbonyl (C=O) groups excluding carboxylic acids is 6. The van der Waals surface area contributed by atoms with Crippen LogP contribution in [0.1, 0.15) is 93.3 Å². The number of esters is 3. The van der Waals surface area contributed by atoms with Gasteiger partial charge in [-0.2, -0.15) is 20.4 Å². The van der Waals surface area contributed by atoms with Crippen LogP contribution in [-0.2, 0) is 42.2 Å². The molecular formula is C63H69BrCl4N14O11. The summed E-state index contributed by atoms with van der Waals surface area (Å²) in [7, 11) is 3.24. The van der Waals surface area contributed by atoms with Gasteiger partial charge in [-0.15, -0.1) is 12.4 Å². The third-order valence-corrected chi connectivity index (χ3v) is 14.3. The van der Waals surface area contributed by atoms with Crippen molar-refractivity contribution in [2.45, 2.75) is 77.3 Å². The molecule has 0 radical (unpaired) electrons. The number of nitrogens with zero attached hydrogens (tertiary/aromatic N) is 10. The number of nitrogens with two attached hydrogens (primary N) is 1. The van der Waals surface area contributed by atoms with Crippen LogP contribution < -0.4 is 30.3 Å². The maximum atomic E-state index is 12.9. The van der Waals surface area contributed by atoms with Gasteiger partial charge in [0.15, 0.2) is 40.2 Å². The fourth-order valence-electron chi connectivity index (χ4n) is 8.18. The van der Waals surface area contributed by atoms with Crippen molar-refractivity contribution in [1.82, 2.24) is 55.2 Å². The fraction of sp³-hybridized carbons (Fsp3) is 0.270. The lowest BCUT2D eigenvalue weighted by Crippen LogP contribution is -2.53. The summed E-state index contributed by atoms with van der Waals surface area (Å²) in [6, 6.07) is 36.8. The lowest BCUT2D eigenvalue weighted by molar-refractivity contribution is -0.122. The van der Waals surface area contributed by atoms with Gasteiger partial charge in [0, 0.05) is 50.4 Å². The zero-order chi connectivity index (χ0) is 66.7. The molecule has 93 heavy (non-hydrogen) atoms. The maximum Gasteiger partial charge on any atom is 0.360 e. The Hall–Kier alpha value is -9.18. The third kappa shape index (κ3) is 22.0. The number of halogens is 5. The highest BCUT2D eigenvalue weighted by molar-refractivity contribution is 9.08. The van der Waals surface area contributed by atoms with Gasteiger partial charge in [-0.1, -0.05) is 142 Å². The van der Waals surface area contributed by atoms with Gasteiger partial charge >= 0.3 is 17.9 Å². The van der Waals surface area contributed by atoms with E-state index in [0.717, 1.165) is 16.5 Å². The van der Waals surface area contributed by atoms with E-state index in [1.807, 2.05) is 78.9 Å². The molecule has 0 saturated carbocycles. The number of H-pyrrole nitrogens is 2. The van der Waals surface area contributed by atoms with Gasteiger partial charge in [0.1, 0.15) is 30.0 Å². The topological polar surface area (TPSA) is 312 Å². The predicted molar refractivity (Wildman–Crippen MR) is 357 cm³/mol. The highest BCUT2D eigenvalue weighted by atomic mass is 79.9. The molecule has 2 aliphatic rings. The highest BCUT2D eigenvalue weighted by Gasteiger charge is 2.37. The molecule has 0 fully saturated rings. The van der Waals surface area contributed by atoms with Crippen molar-refractivity contribution >= 4 is 110 Å².